The maximum atomic E-state index is 13.4. The SMILES string of the molecule is CN(CC(F)F)C(=O)c1c(F)cccc1I. The molecule has 0 bridgehead atoms. The van der Waals surface area contributed by atoms with E-state index in [9.17, 15) is 18.0 Å². The molecule has 0 aliphatic heterocycles. The zero-order chi connectivity index (χ0) is 12.3. The molecular formula is C10H9F3INO. The number of benzene rings is 1. The number of alkyl halides is 2. The molecule has 1 aromatic rings. The zero-order valence-corrected chi connectivity index (χ0v) is 10.5. The van der Waals surface area contributed by atoms with Crippen molar-refractivity contribution in [1.29, 1.82) is 0 Å². The van der Waals surface area contributed by atoms with Crippen LogP contribution in [0.1, 0.15) is 10.4 Å². The van der Waals surface area contributed by atoms with Crippen molar-refractivity contribution in [3.63, 3.8) is 0 Å². The number of hydrogen-bond acceptors (Lipinski definition) is 1. The molecule has 0 heterocycles. The molecular weight excluding hydrogens is 334 g/mol. The van der Waals surface area contributed by atoms with Crippen molar-refractivity contribution in [3.05, 3.63) is 33.1 Å². The van der Waals surface area contributed by atoms with Gasteiger partial charge in [0.25, 0.3) is 12.3 Å². The van der Waals surface area contributed by atoms with Gasteiger partial charge >= 0.3 is 0 Å². The van der Waals surface area contributed by atoms with Gasteiger partial charge in [-0.25, -0.2) is 13.2 Å². The second kappa shape index (κ2) is 5.51. The Hall–Kier alpha value is -0.790. The number of carbonyl (C=O) groups excluding carboxylic acids is 1. The van der Waals surface area contributed by atoms with Crippen molar-refractivity contribution in [3.8, 4) is 0 Å². The van der Waals surface area contributed by atoms with Crippen molar-refractivity contribution >= 4 is 28.5 Å². The number of hydrogen-bond donors (Lipinski definition) is 0. The van der Waals surface area contributed by atoms with Gasteiger partial charge in [-0.05, 0) is 34.7 Å². The van der Waals surface area contributed by atoms with Crippen LogP contribution < -0.4 is 0 Å². The summed E-state index contributed by atoms with van der Waals surface area (Å²) >= 11 is 1.79. The first-order valence-electron chi connectivity index (χ1n) is 4.41. The lowest BCUT2D eigenvalue weighted by molar-refractivity contribution is 0.0615. The maximum absolute atomic E-state index is 13.4. The summed E-state index contributed by atoms with van der Waals surface area (Å²) in [6, 6.07) is 4.14. The van der Waals surface area contributed by atoms with Crippen LogP contribution in [-0.4, -0.2) is 30.8 Å². The molecule has 16 heavy (non-hydrogen) atoms. The van der Waals surface area contributed by atoms with Gasteiger partial charge in [-0.3, -0.25) is 4.79 Å². The lowest BCUT2D eigenvalue weighted by atomic mass is 10.2. The minimum Gasteiger partial charge on any atom is -0.336 e. The Balaban J connectivity index is 2.96. The highest BCUT2D eigenvalue weighted by atomic mass is 127. The second-order valence-electron chi connectivity index (χ2n) is 3.17. The first kappa shape index (κ1) is 13.3. The third kappa shape index (κ3) is 3.10. The van der Waals surface area contributed by atoms with Gasteiger partial charge in [-0.1, -0.05) is 6.07 Å². The molecule has 1 aromatic carbocycles. The second-order valence-corrected chi connectivity index (χ2v) is 4.34. The van der Waals surface area contributed by atoms with Crippen molar-refractivity contribution < 1.29 is 18.0 Å². The lowest BCUT2D eigenvalue weighted by Gasteiger charge is -2.17. The van der Waals surface area contributed by atoms with E-state index < -0.39 is 24.7 Å². The van der Waals surface area contributed by atoms with Gasteiger partial charge < -0.3 is 4.90 Å². The summed E-state index contributed by atoms with van der Waals surface area (Å²) < 4.78 is 37.9. The molecule has 0 saturated carbocycles. The molecule has 88 valence electrons. The topological polar surface area (TPSA) is 20.3 Å². The molecule has 0 aromatic heterocycles. The number of amides is 1. The molecule has 1 amide bonds. The van der Waals surface area contributed by atoms with E-state index in [1.165, 1.54) is 13.1 Å². The molecule has 1 rings (SSSR count). The Morgan fingerprint density at radius 2 is 2.12 bits per heavy atom. The number of nitrogens with zero attached hydrogens (tertiary/aromatic N) is 1. The first-order valence-corrected chi connectivity index (χ1v) is 5.49. The summed E-state index contributed by atoms with van der Waals surface area (Å²) in [6.45, 7) is -0.705. The molecule has 0 saturated heterocycles. The number of rotatable bonds is 3. The van der Waals surface area contributed by atoms with Gasteiger partial charge in [0.15, 0.2) is 0 Å². The smallest absolute Gasteiger partial charge is 0.257 e. The van der Waals surface area contributed by atoms with Crippen LogP contribution in [0.3, 0.4) is 0 Å². The minimum atomic E-state index is -2.63. The van der Waals surface area contributed by atoms with Gasteiger partial charge in [0.1, 0.15) is 5.82 Å². The lowest BCUT2D eigenvalue weighted by Crippen LogP contribution is -2.32. The van der Waals surface area contributed by atoms with Crippen LogP contribution in [0.2, 0.25) is 0 Å². The number of carbonyl (C=O) groups is 1. The van der Waals surface area contributed by atoms with Crippen molar-refractivity contribution in [2.24, 2.45) is 0 Å². The van der Waals surface area contributed by atoms with E-state index >= 15 is 0 Å². The third-order valence-corrected chi connectivity index (χ3v) is 2.83. The van der Waals surface area contributed by atoms with E-state index in [0.717, 1.165) is 11.0 Å². The van der Waals surface area contributed by atoms with Crippen LogP contribution in [-0.2, 0) is 0 Å². The van der Waals surface area contributed by atoms with E-state index in [2.05, 4.69) is 0 Å². The van der Waals surface area contributed by atoms with Crippen LogP contribution in [0.4, 0.5) is 13.2 Å². The zero-order valence-electron chi connectivity index (χ0n) is 8.38. The highest BCUT2D eigenvalue weighted by Gasteiger charge is 2.21. The predicted molar refractivity (Wildman–Crippen MR) is 62.1 cm³/mol. The Bertz CT molecular complexity index is 377. The van der Waals surface area contributed by atoms with Gasteiger partial charge in [0, 0.05) is 10.6 Å². The van der Waals surface area contributed by atoms with Crippen LogP contribution >= 0.6 is 22.6 Å². The Labute approximate surface area is 105 Å². The summed E-state index contributed by atoms with van der Waals surface area (Å²) in [6.07, 6.45) is -2.63. The summed E-state index contributed by atoms with van der Waals surface area (Å²) in [5.74, 6) is -1.43. The highest BCUT2D eigenvalue weighted by Crippen LogP contribution is 2.17. The van der Waals surface area contributed by atoms with E-state index in [4.69, 9.17) is 0 Å². The molecule has 0 unspecified atom stereocenters. The van der Waals surface area contributed by atoms with E-state index in [0.29, 0.717) is 3.57 Å². The fourth-order valence-corrected chi connectivity index (χ4v) is 1.88. The first-order chi connectivity index (χ1) is 7.43. The molecule has 0 fully saturated rings. The van der Waals surface area contributed by atoms with Crippen LogP contribution in [0.5, 0.6) is 0 Å². The Kier molecular flexibility index (Phi) is 4.57. The van der Waals surface area contributed by atoms with Gasteiger partial charge in [0.05, 0.1) is 12.1 Å². The van der Waals surface area contributed by atoms with Crippen LogP contribution in [0.15, 0.2) is 18.2 Å². The predicted octanol–water partition coefficient (Wildman–Crippen LogP) is 2.77. The fraction of sp³-hybridized carbons (Fsp3) is 0.300. The average Bonchev–Trinajstić information content (AvgIpc) is 2.16. The molecule has 6 heteroatoms. The van der Waals surface area contributed by atoms with Gasteiger partial charge in [-0.15, -0.1) is 0 Å². The quantitative estimate of drug-likeness (QED) is 0.773. The largest absolute Gasteiger partial charge is 0.336 e. The monoisotopic (exact) mass is 343 g/mol. The number of halogens is 4. The molecule has 0 aliphatic rings. The van der Waals surface area contributed by atoms with E-state index in [1.807, 2.05) is 0 Å². The minimum absolute atomic E-state index is 0.161. The van der Waals surface area contributed by atoms with Crippen molar-refractivity contribution in [2.75, 3.05) is 13.6 Å². The maximum Gasteiger partial charge on any atom is 0.257 e. The molecule has 0 N–H and O–H groups in total. The Morgan fingerprint density at radius 3 is 2.62 bits per heavy atom. The van der Waals surface area contributed by atoms with Gasteiger partial charge in [-0.2, -0.15) is 0 Å². The highest BCUT2D eigenvalue weighted by molar-refractivity contribution is 14.1. The molecule has 0 aliphatic carbocycles. The third-order valence-electron chi connectivity index (χ3n) is 1.94. The van der Waals surface area contributed by atoms with Crippen molar-refractivity contribution in [2.45, 2.75) is 6.43 Å². The fourth-order valence-electron chi connectivity index (χ4n) is 1.18. The van der Waals surface area contributed by atoms with E-state index in [-0.39, 0.29) is 5.56 Å². The standard InChI is InChI=1S/C10H9F3INO/c1-15(5-8(12)13)10(16)9-6(11)3-2-4-7(9)14/h2-4,8H,5H2,1H3. The summed E-state index contributed by atoms with van der Waals surface area (Å²) in [4.78, 5) is 12.5. The molecule has 2 nitrogen and oxygen atoms in total. The Morgan fingerprint density at radius 1 is 1.50 bits per heavy atom. The summed E-state index contributed by atoms with van der Waals surface area (Å²) in [5.41, 5.74) is -0.161. The average molecular weight is 343 g/mol. The summed E-state index contributed by atoms with van der Waals surface area (Å²) in [5, 5.41) is 0. The molecule has 0 radical (unpaired) electrons. The molecule has 0 spiro atoms. The van der Waals surface area contributed by atoms with E-state index in [1.54, 1.807) is 28.7 Å². The van der Waals surface area contributed by atoms with Crippen LogP contribution in [0, 0.1) is 9.39 Å². The van der Waals surface area contributed by atoms with Gasteiger partial charge in [0.2, 0.25) is 0 Å². The molecule has 0 atom stereocenters. The van der Waals surface area contributed by atoms with Crippen LogP contribution in [0.25, 0.3) is 0 Å². The normalized spacial score (nSPS) is 10.6. The summed E-state index contributed by atoms with van der Waals surface area (Å²) in [7, 11) is 1.22. The van der Waals surface area contributed by atoms with Crippen molar-refractivity contribution in [1.82, 2.24) is 4.90 Å².